The average Bonchev–Trinajstić information content (AvgIpc) is 3.26. The van der Waals surface area contributed by atoms with Crippen LogP contribution >= 0.6 is 0 Å². The van der Waals surface area contributed by atoms with Gasteiger partial charge in [-0.3, -0.25) is 4.79 Å². The molecule has 2 aromatic carbocycles. The van der Waals surface area contributed by atoms with Crippen molar-refractivity contribution in [1.29, 1.82) is 0 Å². The van der Waals surface area contributed by atoms with Gasteiger partial charge in [0.1, 0.15) is 5.76 Å². The lowest BCUT2D eigenvalue weighted by atomic mass is 10.1. The molecule has 0 saturated carbocycles. The van der Waals surface area contributed by atoms with Crippen molar-refractivity contribution in [3.63, 3.8) is 0 Å². The van der Waals surface area contributed by atoms with Crippen molar-refractivity contribution < 1.29 is 17.6 Å². The number of nitrogens with zero attached hydrogens (tertiary/aromatic N) is 1. The van der Waals surface area contributed by atoms with Crippen molar-refractivity contribution in [3.05, 3.63) is 89.9 Å². The third-order valence-corrected chi connectivity index (χ3v) is 5.92. The summed E-state index contributed by atoms with van der Waals surface area (Å²) in [5.74, 6) is 0.251. The molecule has 0 aliphatic heterocycles. The van der Waals surface area contributed by atoms with E-state index in [4.69, 9.17) is 4.42 Å². The summed E-state index contributed by atoms with van der Waals surface area (Å²) in [6.07, 6.45) is 1.48. The van der Waals surface area contributed by atoms with Gasteiger partial charge in [-0.1, -0.05) is 30.3 Å². The van der Waals surface area contributed by atoms with Crippen LogP contribution < -0.4 is 10.0 Å². The molecule has 0 aliphatic carbocycles. The Morgan fingerprint density at radius 1 is 1.00 bits per heavy atom. The molecule has 3 rings (SSSR count). The highest BCUT2D eigenvalue weighted by Gasteiger charge is 2.18. The molecular weight excluding hydrogens is 402 g/mol. The second-order valence-corrected chi connectivity index (χ2v) is 8.89. The molecule has 1 amide bonds. The quantitative estimate of drug-likeness (QED) is 0.548. The lowest BCUT2D eigenvalue weighted by molar-refractivity contribution is 0.0930. The van der Waals surface area contributed by atoms with E-state index in [1.165, 1.54) is 30.5 Å². The number of hydrogen-bond acceptors (Lipinski definition) is 5. The van der Waals surface area contributed by atoms with Gasteiger partial charge in [0.15, 0.2) is 0 Å². The van der Waals surface area contributed by atoms with Gasteiger partial charge in [0.25, 0.3) is 5.91 Å². The lowest BCUT2D eigenvalue weighted by Crippen LogP contribution is -2.35. The Morgan fingerprint density at radius 2 is 1.70 bits per heavy atom. The Labute approximate surface area is 176 Å². The first-order valence-corrected chi connectivity index (χ1v) is 11.0. The molecule has 1 heterocycles. The van der Waals surface area contributed by atoms with Crippen LogP contribution in [0.5, 0.6) is 0 Å². The van der Waals surface area contributed by atoms with E-state index in [1.54, 1.807) is 12.1 Å². The summed E-state index contributed by atoms with van der Waals surface area (Å²) >= 11 is 0. The van der Waals surface area contributed by atoms with Crippen LogP contribution in [0, 0.1) is 0 Å². The minimum Gasteiger partial charge on any atom is -0.468 e. The van der Waals surface area contributed by atoms with Gasteiger partial charge in [-0.15, -0.1) is 0 Å². The molecule has 0 unspecified atom stereocenters. The van der Waals surface area contributed by atoms with Crippen molar-refractivity contribution in [3.8, 4) is 0 Å². The van der Waals surface area contributed by atoms with Gasteiger partial charge in [-0.05, 0) is 56.1 Å². The minimum absolute atomic E-state index is 0.0564. The fourth-order valence-electron chi connectivity index (χ4n) is 2.97. The molecule has 2 N–H and O–H groups in total. The zero-order chi connectivity index (χ0) is 21.6. The topological polar surface area (TPSA) is 91.7 Å². The van der Waals surface area contributed by atoms with Gasteiger partial charge >= 0.3 is 0 Å². The fourth-order valence-corrected chi connectivity index (χ4v) is 3.97. The van der Waals surface area contributed by atoms with Crippen molar-refractivity contribution in [2.45, 2.75) is 17.5 Å². The maximum atomic E-state index is 12.7. The number of furan rings is 1. The first-order valence-electron chi connectivity index (χ1n) is 9.48. The van der Waals surface area contributed by atoms with Crippen LogP contribution in [0.25, 0.3) is 0 Å². The van der Waals surface area contributed by atoms with E-state index in [-0.39, 0.29) is 23.4 Å². The van der Waals surface area contributed by atoms with Gasteiger partial charge in [0.2, 0.25) is 10.0 Å². The first kappa shape index (κ1) is 21.8. The van der Waals surface area contributed by atoms with E-state index in [0.717, 1.165) is 5.56 Å². The van der Waals surface area contributed by atoms with Crippen molar-refractivity contribution in [1.82, 2.24) is 14.9 Å². The molecule has 0 fully saturated rings. The van der Waals surface area contributed by atoms with Gasteiger partial charge in [-0.2, -0.15) is 0 Å². The van der Waals surface area contributed by atoms with E-state index >= 15 is 0 Å². The van der Waals surface area contributed by atoms with Gasteiger partial charge in [0.05, 0.1) is 23.7 Å². The molecule has 1 atom stereocenters. The van der Waals surface area contributed by atoms with Crippen LogP contribution in [0.15, 0.2) is 82.3 Å². The number of carbonyl (C=O) groups is 1. The first-order chi connectivity index (χ1) is 14.3. The van der Waals surface area contributed by atoms with E-state index < -0.39 is 10.0 Å². The van der Waals surface area contributed by atoms with Crippen LogP contribution in [0.4, 0.5) is 0 Å². The molecule has 0 bridgehead atoms. The number of nitrogens with one attached hydrogen (secondary N) is 2. The van der Waals surface area contributed by atoms with Crippen LogP contribution in [0.1, 0.15) is 27.7 Å². The zero-order valence-corrected chi connectivity index (χ0v) is 17.7. The molecule has 0 radical (unpaired) electrons. The fraction of sp³-hybridized carbons (Fsp3) is 0.227. The predicted molar refractivity (Wildman–Crippen MR) is 114 cm³/mol. The van der Waals surface area contributed by atoms with E-state index in [2.05, 4.69) is 10.0 Å². The molecule has 0 spiro atoms. The number of likely N-dealkylation sites (N-methyl/N-ethyl adjacent to an activating group) is 1. The third-order valence-electron chi connectivity index (χ3n) is 4.50. The molecule has 7 nitrogen and oxygen atoms in total. The summed E-state index contributed by atoms with van der Waals surface area (Å²) in [6, 6.07) is 18.8. The van der Waals surface area contributed by atoms with Crippen molar-refractivity contribution in [2.24, 2.45) is 0 Å². The molecule has 1 aromatic heterocycles. The Morgan fingerprint density at radius 3 is 2.30 bits per heavy atom. The summed E-state index contributed by atoms with van der Waals surface area (Å²) in [7, 11) is 0.175. The lowest BCUT2D eigenvalue weighted by Gasteiger charge is -2.23. The number of carbonyl (C=O) groups excluding carboxylic acids is 1. The van der Waals surface area contributed by atoms with Crippen molar-refractivity contribution in [2.75, 3.05) is 20.6 Å². The summed E-state index contributed by atoms with van der Waals surface area (Å²) in [5, 5.41) is 3.02. The van der Waals surface area contributed by atoms with Gasteiger partial charge in [-0.25, -0.2) is 13.1 Å². The van der Waals surface area contributed by atoms with E-state index in [9.17, 15) is 13.2 Å². The monoisotopic (exact) mass is 427 g/mol. The highest BCUT2D eigenvalue weighted by atomic mass is 32.2. The molecular formula is C22H25N3O4S. The summed E-state index contributed by atoms with van der Waals surface area (Å²) in [5.41, 5.74) is 1.39. The summed E-state index contributed by atoms with van der Waals surface area (Å²) in [6.45, 7) is 0.694. The smallest absolute Gasteiger partial charge is 0.251 e. The highest BCUT2D eigenvalue weighted by Crippen LogP contribution is 2.16. The third kappa shape index (κ3) is 5.79. The molecule has 0 saturated heterocycles. The van der Waals surface area contributed by atoms with Crippen LogP contribution in [0.2, 0.25) is 0 Å². The summed E-state index contributed by atoms with van der Waals surface area (Å²) < 4.78 is 32.5. The molecule has 158 valence electrons. The van der Waals surface area contributed by atoms with Gasteiger partial charge in [0, 0.05) is 12.1 Å². The number of benzene rings is 2. The predicted octanol–water partition coefficient (Wildman–Crippen LogP) is 2.79. The van der Waals surface area contributed by atoms with Crippen molar-refractivity contribution >= 4 is 15.9 Å². The maximum Gasteiger partial charge on any atom is 0.251 e. The van der Waals surface area contributed by atoms with Crippen LogP contribution in [-0.2, 0) is 16.6 Å². The highest BCUT2D eigenvalue weighted by molar-refractivity contribution is 7.89. The summed E-state index contributed by atoms with van der Waals surface area (Å²) in [4.78, 5) is 14.8. The SMILES string of the molecule is CN(C)C[C@@H](NC(=O)c1ccc(S(=O)(=O)NCc2ccco2)cc1)c1ccccc1. The Balaban J connectivity index is 1.69. The second-order valence-electron chi connectivity index (χ2n) is 7.13. The minimum atomic E-state index is -3.71. The number of amides is 1. The average molecular weight is 428 g/mol. The maximum absolute atomic E-state index is 12.7. The molecule has 30 heavy (non-hydrogen) atoms. The Hall–Kier alpha value is -2.94. The zero-order valence-electron chi connectivity index (χ0n) is 16.9. The van der Waals surface area contributed by atoms with Gasteiger partial charge < -0.3 is 14.6 Å². The number of sulfonamides is 1. The van der Waals surface area contributed by atoms with Crippen LogP contribution in [0.3, 0.4) is 0 Å². The molecule has 0 aliphatic rings. The Bertz CT molecular complexity index is 1050. The molecule has 8 heteroatoms. The molecule has 3 aromatic rings. The number of hydrogen-bond donors (Lipinski definition) is 2. The standard InChI is InChI=1S/C22H25N3O4S/c1-25(2)16-21(17-7-4-3-5-8-17)24-22(26)18-10-12-20(13-11-18)30(27,28)23-15-19-9-6-14-29-19/h3-14,21,23H,15-16H2,1-2H3,(H,24,26)/t21-/m1/s1. The van der Waals surface area contributed by atoms with E-state index in [0.29, 0.717) is 17.9 Å². The van der Waals surface area contributed by atoms with Crippen LogP contribution in [-0.4, -0.2) is 39.9 Å². The second kappa shape index (κ2) is 9.71. The number of rotatable bonds is 9. The Kier molecular flexibility index (Phi) is 7.04. The largest absolute Gasteiger partial charge is 0.468 e. The normalized spacial score (nSPS) is 12.6. The van der Waals surface area contributed by atoms with E-state index in [1.807, 2.05) is 49.3 Å².